The number of nitrogens with one attached hydrogen (secondary N) is 2. The third-order valence-electron chi connectivity index (χ3n) is 3.19. The van der Waals surface area contributed by atoms with Gasteiger partial charge in [-0.3, -0.25) is 4.79 Å². The highest BCUT2D eigenvalue weighted by molar-refractivity contribution is 8.00. The summed E-state index contributed by atoms with van der Waals surface area (Å²) >= 11 is 1.51. The molecule has 0 bridgehead atoms. The molecule has 2 aromatic rings. The molecule has 1 amide bonds. The number of anilines is 2. The van der Waals surface area contributed by atoms with Crippen LogP contribution in [0.1, 0.15) is 5.56 Å². The molecule has 0 unspecified atom stereocenters. The number of hydrogen-bond acceptors (Lipinski definition) is 5. The van der Waals surface area contributed by atoms with Gasteiger partial charge < -0.3 is 20.8 Å². The van der Waals surface area contributed by atoms with E-state index in [1.165, 1.54) is 17.8 Å². The van der Waals surface area contributed by atoms with E-state index in [0.717, 1.165) is 16.3 Å². The maximum Gasteiger partial charge on any atom is 0.234 e. The standard InChI is InChI=1S/C15H14N2O3S/c18-12-3-1-2-9(15(12)20)7-16-10-4-5-13-11(6-10)17-14(19)8-21-13/h1-6,16,18,20H,7-8H2,(H,17,19). The topological polar surface area (TPSA) is 81.6 Å². The molecule has 0 aromatic heterocycles. The van der Waals surface area contributed by atoms with Gasteiger partial charge in [0.2, 0.25) is 5.91 Å². The van der Waals surface area contributed by atoms with Crippen LogP contribution in [0.5, 0.6) is 11.5 Å². The second-order valence-electron chi connectivity index (χ2n) is 4.69. The Kier molecular flexibility index (Phi) is 3.62. The summed E-state index contributed by atoms with van der Waals surface area (Å²) < 4.78 is 0. The Hall–Kier alpha value is -2.34. The molecule has 4 N–H and O–H groups in total. The minimum atomic E-state index is -0.136. The van der Waals surface area contributed by atoms with Gasteiger partial charge in [0.1, 0.15) is 0 Å². The molecule has 6 heteroatoms. The van der Waals surface area contributed by atoms with Gasteiger partial charge in [0.25, 0.3) is 0 Å². The molecule has 2 aromatic carbocycles. The quantitative estimate of drug-likeness (QED) is 0.656. The summed E-state index contributed by atoms with van der Waals surface area (Å²) in [5, 5.41) is 25.2. The van der Waals surface area contributed by atoms with E-state index in [4.69, 9.17) is 0 Å². The molecule has 3 rings (SSSR count). The Morgan fingerprint density at radius 1 is 1.24 bits per heavy atom. The van der Waals surface area contributed by atoms with E-state index in [-0.39, 0.29) is 17.4 Å². The van der Waals surface area contributed by atoms with Crippen molar-refractivity contribution in [1.82, 2.24) is 0 Å². The molecular formula is C15H14N2O3S. The Labute approximate surface area is 126 Å². The molecule has 0 saturated heterocycles. The van der Waals surface area contributed by atoms with Gasteiger partial charge in [0, 0.05) is 22.7 Å². The minimum Gasteiger partial charge on any atom is -0.504 e. The fourth-order valence-corrected chi connectivity index (χ4v) is 2.90. The lowest BCUT2D eigenvalue weighted by Crippen LogP contribution is -2.18. The molecule has 0 atom stereocenters. The number of hydrogen-bond donors (Lipinski definition) is 4. The fraction of sp³-hybridized carbons (Fsp3) is 0.133. The van der Waals surface area contributed by atoms with Crippen LogP contribution >= 0.6 is 11.8 Å². The van der Waals surface area contributed by atoms with E-state index >= 15 is 0 Å². The summed E-state index contributed by atoms with van der Waals surface area (Å²) in [6, 6.07) is 10.6. The van der Waals surface area contributed by atoms with E-state index in [1.807, 2.05) is 18.2 Å². The van der Waals surface area contributed by atoms with Crippen LogP contribution in [0, 0.1) is 0 Å². The zero-order valence-electron chi connectivity index (χ0n) is 11.1. The lowest BCUT2D eigenvalue weighted by Gasteiger charge is -2.17. The molecule has 5 nitrogen and oxygen atoms in total. The number of rotatable bonds is 3. The van der Waals surface area contributed by atoms with E-state index in [2.05, 4.69) is 10.6 Å². The third kappa shape index (κ3) is 2.90. The highest BCUT2D eigenvalue weighted by Crippen LogP contribution is 2.34. The number of aromatic hydroxyl groups is 2. The van der Waals surface area contributed by atoms with Crippen LogP contribution in [0.4, 0.5) is 11.4 Å². The van der Waals surface area contributed by atoms with Crippen molar-refractivity contribution in [2.45, 2.75) is 11.4 Å². The first-order chi connectivity index (χ1) is 10.1. The van der Waals surface area contributed by atoms with Crippen LogP contribution in [0.15, 0.2) is 41.3 Å². The summed E-state index contributed by atoms with van der Waals surface area (Å²) in [5.41, 5.74) is 2.23. The molecule has 0 spiro atoms. The average Bonchev–Trinajstić information content (AvgIpc) is 2.48. The number of benzene rings is 2. The number of para-hydroxylation sites is 1. The Morgan fingerprint density at radius 2 is 2.10 bits per heavy atom. The number of carbonyl (C=O) groups excluding carboxylic acids is 1. The van der Waals surface area contributed by atoms with E-state index in [9.17, 15) is 15.0 Å². The molecule has 108 valence electrons. The molecule has 1 aliphatic rings. The summed E-state index contributed by atoms with van der Waals surface area (Å²) in [7, 11) is 0. The first kappa shape index (κ1) is 13.6. The average molecular weight is 302 g/mol. The smallest absolute Gasteiger partial charge is 0.234 e. The van der Waals surface area contributed by atoms with Crippen molar-refractivity contribution >= 4 is 29.0 Å². The molecule has 0 aliphatic carbocycles. The molecule has 0 fully saturated rings. The van der Waals surface area contributed by atoms with Crippen molar-refractivity contribution < 1.29 is 15.0 Å². The zero-order valence-corrected chi connectivity index (χ0v) is 11.9. The number of thioether (sulfide) groups is 1. The molecule has 0 saturated carbocycles. The summed E-state index contributed by atoms with van der Waals surface area (Å²) in [5.74, 6) is 0.183. The number of carbonyl (C=O) groups is 1. The van der Waals surface area contributed by atoms with Gasteiger partial charge >= 0.3 is 0 Å². The lowest BCUT2D eigenvalue weighted by atomic mass is 10.2. The lowest BCUT2D eigenvalue weighted by molar-refractivity contribution is -0.113. The Balaban J connectivity index is 1.75. The second kappa shape index (κ2) is 5.57. The summed E-state index contributed by atoms with van der Waals surface area (Å²) in [6.07, 6.45) is 0. The van der Waals surface area contributed by atoms with Crippen LogP contribution in [0.25, 0.3) is 0 Å². The SMILES string of the molecule is O=C1CSc2ccc(NCc3cccc(O)c3O)cc2N1. The molecule has 1 aliphatic heterocycles. The maximum atomic E-state index is 11.4. The van der Waals surface area contributed by atoms with Crippen molar-refractivity contribution in [3.8, 4) is 11.5 Å². The number of phenolic OH excluding ortho intramolecular Hbond substituents is 2. The molecular weight excluding hydrogens is 288 g/mol. The first-order valence-corrected chi connectivity index (χ1v) is 7.42. The van der Waals surface area contributed by atoms with Crippen molar-refractivity contribution in [3.05, 3.63) is 42.0 Å². The number of amides is 1. The van der Waals surface area contributed by atoms with Crippen LogP contribution in [0.2, 0.25) is 0 Å². The highest BCUT2D eigenvalue weighted by atomic mass is 32.2. The zero-order chi connectivity index (χ0) is 14.8. The monoisotopic (exact) mass is 302 g/mol. The molecule has 21 heavy (non-hydrogen) atoms. The van der Waals surface area contributed by atoms with Gasteiger partial charge in [-0.2, -0.15) is 0 Å². The summed E-state index contributed by atoms with van der Waals surface area (Å²) in [4.78, 5) is 12.4. The molecule has 0 radical (unpaired) electrons. The van der Waals surface area contributed by atoms with Crippen LogP contribution in [-0.2, 0) is 11.3 Å². The number of fused-ring (bicyclic) bond motifs is 1. The fourth-order valence-electron chi connectivity index (χ4n) is 2.11. The van der Waals surface area contributed by atoms with Gasteiger partial charge in [0.05, 0.1) is 11.4 Å². The Morgan fingerprint density at radius 3 is 2.95 bits per heavy atom. The van der Waals surface area contributed by atoms with Crippen molar-refractivity contribution in [3.63, 3.8) is 0 Å². The van der Waals surface area contributed by atoms with Gasteiger partial charge in [-0.05, 0) is 24.3 Å². The van der Waals surface area contributed by atoms with Crippen LogP contribution in [-0.4, -0.2) is 21.9 Å². The Bertz CT molecular complexity index is 703. The molecule has 1 heterocycles. The van der Waals surface area contributed by atoms with Crippen molar-refractivity contribution in [2.24, 2.45) is 0 Å². The predicted octanol–water partition coefficient (Wildman–Crippen LogP) is 2.75. The van der Waals surface area contributed by atoms with E-state index < -0.39 is 0 Å². The van der Waals surface area contributed by atoms with Gasteiger partial charge in [0.15, 0.2) is 11.5 Å². The normalized spacial score (nSPS) is 13.4. The second-order valence-corrected chi connectivity index (χ2v) is 5.70. The van der Waals surface area contributed by atoms with Gasteiger partial charge in [-0.15, -0.1) is 11.8 Å². The maximum absolute atomic E-state index is 11.4. The van der Waals surface area contributed by atoms with Crippen molar-refractivity contribution in [1.29, 1.82) is 0 Å². The number of phenols is 2. The first-order valence-electron chi connectivity index (χ1n) is 6.44. The van der Waals surface area contributed by atoms with Gasteiger partial charge in [-0.25, -0.2) is 0 Å². The van der Waals surface area contributed by atoms with E-state index in [1.54, 1.807) is 12.1 Å². The van der Waals surface area contributed by atoms with Crippen LogP contribution in [0.3, 0.4) is 0 Å². The largest absolute Gasteiger partial charge is 0.504 e. The summed E-state index contributed by atoms with van der Waals surface area (Å²) in [6.45, 7) is 0.375. The predicted molar refractivity (Wildman–Crippen MR) is 82.9 cm³/mol. The van der Waals surface area contributed by atoms with Gasteiger partial charge in [-0.1, -0.05) is 12.1 Å². The van der Waals surface area contributed by atoms with Crippen molar-refractivity contribution in [2.75, 3.05) is 16.4 Å². The van der Waals surface area contributed by atoms with Crippen LogP contribution < -0.4 is 10.6 Å². The highest BCUT2D eigenvalue weighted by Gasteiger charge is 2.15. The third-order valence-corrected chi connectivity index (χ3v) is 4.27. The van der Waals surface area contributed by atoms with E-state index in [0.29, 0.717) is 17.9 Å². The minimum absolute atomic E-state index is 0.00437.